The Morgan fingerprint density at radius 3 is 2.79 bits per heavy atom. The number of aromatic nitrogens is 2. The molecule has 1 aromatic heterocycles. The Bertz CT molecular complexity index is 611. The van der Waals surface area contributed by atoms with Gasteiger partial charge < -0.3 is 10.2 Å². The van der Waals surface area contributed by atoms with Crippen molar-refractivity contribution < 1.29 is 4.79 Å². The van der Waals surface area contributed by atoms with Crippen molar-refractivity contribution in [2.75, 3.05) is 24.5 Å². The van der Waals surface area contributed by atoms with Gasteiger partial charge in [-0.3, -0.25) is 4.79 Å². The van der Waals surface area contributed by atoms with Crippen LogP contribution in [0.2, 0.25) is 5.02 Å². The maximum Gasteiger partial charge on any atom is 0.271 e. The van der Waals surface area contributed by atoms with Crippen molar-refractivity contribution in [3.8, 4) is 0 Å². The van der Waals surface area contributed by atoms with Crippen molar-refractivity contribution in [1.82, 2.24) is 15.3 Å². The van der Waals surface area contributed by atoms with Crippen LogP contribution < -0.4 is 10.2 Å². The zero-order chi connectivity index (χ0) is 16.8. The molecule has 0 aromatic carbocycles. The lowest BCUT2D eigenvalue weighted by Gasteiger charge is -2.26. The van der Waals surface area contributed by atoms with Gasteiger partial charge in [-0.1, -0.05) is 23.3 Å². The summed E-state index contributed by atoms with van der Waals surface area (Å²) in [6, 6.07) is 0. The van der Waals surface area contributed by atoms with Gasteiger partial charge in [0, 0.05) is 19.6 Å². The van der Waals surface area contributed by atoms with Crippen LogP contribution in [-0.2, 0) is 0 Å². The molecule has 130 valence electrons. The van der Waals surface area contributed by atoms with E-state index < -0.39 is 0 Å². The highest BCUT2D eigenvalue weighted by Crippen LogP contribution is 2.21. The molecule has 0 spiro atoms. The van der Waals surface area contributed by atoms with Crippen molar-refractivity contribution in [2.45, 2.75) is 51.4 Å². The SMILES string of the molecule is O=C(NCCC1=CCCCC1)c1nc(N2CCCCC2)ncc1Cl. The molecule has 6 heteroatoms. The monoisotopic (exact) mass is 348 g/mol. The van der Waals surface area contributed by atoms with E-state index in [-0.39, 0.29) is 11.6 Å². The first-order valence-electron chi connectivity index (χ1n) is 8.97. The maximum atomic E-state index is 12.4. The minimum absolute atomic E-state index is 0.211. The third-order valence-corrected chi connectivity index (χ3v) is 4.98. The van der Waals surface area contributed by atoms with E-state index in [2.05, 4.69) is 26.3 Å². The zero-order valence-electron chi connectivity index (χ0n) is 14.1. The molecular weight excluding hydrogens is 324 g/mol. The molecule has 3 rings (SSSR count). The lowest BCUT2D eigenvalue weighted by atomic mass is 9.97. The molecule has 1 aromatic rings. The van der Waals surface area contributed by atoms with Crippen LogP contribution in [0.1, 0.15) is 61.9 Å². The van der Waals surface area contributed by atoms with Gasteiger partial charge in [-0.25, -0.2) is 9.97 Å². The van der Waals surface area contributed by atoms with Gasteiger partial charge in [-0.05, 0) is 51.4 Å². The number of anilines is 1. The average Bonchev–Trinajstić information content (AvgIpc) is 2.63. The molecule has 0 bridgehead atoms. The van der Waals surface area contributed by atoms with Gasteiger partial charge in [-0.2, -0.15) is 0 Å². The third kappa shape index (κ3) is 4.47. The summed E-state index contributed by atoms with van der Waals surface area (Å²) >= 11 is 6.14. The van der Waals surface area contributed by atoms with E-state index in [4.69, 9.17) is 11.6 Å². The number of hydrogen-bond donors (Lipinski definition) is 1. The average molecular weight is 349 g/mol. The van der Waals surface area contributed by atoms with Crippen molar-refractivity contribution in [3.63, 3.8) is 0 Å². The molecule has 0 saturated carbocycles. The summed E-state index contributed by atoms with van der Waals surface area (Å²) < 4.78 is 0. The third-order valence-electron chi connectivity index (χ3n) is 4.70. The van der Waals surface area contributed by atoms with Crippen molar-refractivity contribution in [1.29, 1.82) is 0 Å². The molecule has 0 radical (unpaired) electrons. The van der Waals surface area contributed by atoms with E-state index in [1.165, 1.54) is 37.5 Å². The Labute approximate surface area is 148 Å². The summed E-state index contributed by atoms with van der Waals surface area (Å²) in [6.07, 6.45) is 13.1. The number of piperidine rings is 1. The number of nitrogens with zero attached hydrogens (tertiary/aromatic N) is 3. The quantitative estimate of drug-likeness (QED) is 0.823. The minimum Gasteiger partial charge on any atom is -0.350 e. The Morgan fingerprint density at radius 2 is 2.04 bits per heavy atom. The van der Waals surface area contributed by atoms with Crippen molar-refractivity contribution in [2.24, 2.45) is 0 Å². The van der Waals surface area contributed by atoms with Crippen LogP contribution in [0.25, 0.3) is 0 Å². The highest BCUT2D eigenvalue weighted by atomic mass is 35.5. The number of amides is 1. The first kappa shape index (κ1) is 17.2. The molecule has 1 saturated heterocycles. The summed E-state index contributed by atoms with van der Waals surface area (Å²) in [6.45, 7) is 2.51. The molecule has 24 heavy (non-hydrogen) atoms. The Morgan fingerprint density at radius 1 is 1.21 bits per heavy atom. The Hall–Kier alpha value is -1.62. The molecule has 2 aliphatic rings. The maximum absolute atomic E-state index is 12.4. The fourth-order valence-electron chi connectivity index (χ4n) is 3.32. The largest absolute Gasteiger partial charge is 0.350 e. The van der Waals surface area contributed by atoms with Gasteiger partial charge in [0.05, 0.1) is 11.2 Å². The van der Waals surface area contributed by atoms with Crippen LogP contribution in [-0.4, -0.2) is 35.5 Å². The van der Waals surface area contributed by atoms with E-state index in [0.29, 0.717) is 17.5 Å². The molecule has 2 heterocycles. The number of carbonyl (C=O) groups is 1. The van der Waals surface area contributed by atoms with Crippen LogP contribution in [0.3, 0.4) is 0 Å². The van der Waals surface area contributed by atoms with Crippen LogP contribution in [0.4, 0.5) is 5.95 Å². The summed E-state index contributed by atoms with van der Waals surface area (Å²) in [5.74, 6) is 0.399. The van der Waals surface area contributed by atoms with Gasteiger partial charge in [0.15, 0.2) is 5.69 Å². The van der Waals surface area contributed by atoms with E-state index in [1.54, 1.807) is 0 Å². The number of nitrogens with one attached hydrogen (secondary N) is 1. The minimum atomic E-state index is -0.211. The van der Waals surface area contributed by atoms with Gasteiger partial charge in [0.25, 0.3) is 5.91 Å². The number of rotatable bonds is 5. The highest BCUT2D eigenvalue weighted by molar-refractivity contribution is 6.33. The molecule has 1 fully saturated rings. The van der Waals surface area contributed by atoms with Gasteiger partial charge in [0.1, 0.15) is 0 Å². The van der Waals surface area contributed by atoms with Crippen LogP contribution in [0.5, 0.6) is 0 Å². The summed E-state index contributed by atoms with van der Waals surface area (Å²) in [5, 5.41) is 3.25. The lowest BCUT2D eigenvalue weighted by molar-refractivity contribution is 0.0949. The first-order valence-corrected chi connectivity index (χ1v) is 9.35. The molecule has 1 aliphatic carbocycles. The van der Waals surface area contributed by atoms with Crippen molar-refractivity contribution in [3.05, 3.63) is 28.6 Å². The highest BCUT2D eigenvalue weighted by Gasteiger charge is 2.18. The van der Waals surface area contributed by atoms with Gasteiger partial charge in [-0.15, -0.1) is 0 Å². The second-order valence-electron chi connectivity index (χ2n) is 6.53. The fourth-order valence-corrected chi connectivity index (χ4v) is 3.49. The van der Waals surface area contributed by atoms with E-state index in [1.807, 2.05) is 0 Å². The Kier molecular flexibility index (Phi) is 6.07. The summed E-state index contributed by atoms with van der Waals surface area (Å²) in [4.78, 5) is 23.3. The number of hydrogen-bond acceptors (Lipinski definition) is 4. The van der Waals surface area contributed by atoms with Crippen LogP contribution in [0, 0.1) is 0 Å². The van der Waals surface area contributed by atoms with Crippen LogP contribution in [0.15, 0.2) is 17.8 Å². The van der Waals surface area contributed by atoms with E-state index in [9.17, 15) is 4.79 Å². The normalized spacial score (nSPS) is 18.2. The standard InChI is InChI=1S/C18H25ClN4O/c19-15-13-21-18(23-11-5-2-6-12-23)22-16(15)17(24)20-10-9-14-7-3-1-4-8-14/h7,13H,1-6,8-12H2,(H,20,24). The zero-order valence-corrected chi connectivity index (χ0v) is 14.8. The van der Waals surface area contributed by atoms with Gasteiger partial charge >= 0.3 is 0 Å². The smallest absolute Gasteiger partial charge is 0.271 e. The second kappa shape index (κ2) is 8.47. The molecule has 1 amide bonds. The second-order valence-corrected chi connectivity index (χ2v) is 6.94. The summed E-state index contributed by atoms with van der Waals surface area (Å²) in [7, 11) is 0. The van der Waals surface area contributed by atoms with E-state index >= 15 is 0 Å². The first-order chi connectivity index (χ1) is 11.7. The Balaban J connectivity index is 1.59. The topological polar surface area (TPSA) is 58.1 Å². The van der Waals surface area contributed by atoms with Crippen LogP contribution >= 0.6 is 11.6 Å². The number of carbonyl (C=O) groups excluding carboxylic acids is 1. The van der Waals surface area contributed by atoms with Gasteiger partial charge in [0.2, 0.25) is 5.95 Å². The van der Waals surface area contributed by atoms with Crippen molar-refractivity contribution >= 4 is 23.5 Å². The molecule has 0 unspecified atom stereocenters. The summed E-state index contributed by atoms with van der Waals surface area (Å²) in [5.41, 5.74) is 1.73. The number of halogens is 1. The molecule has 1 aliphatic heterocycles. The predicted octanol–water partition coefficient (Wildman–Crippen LogP) is 3.74. The molecular formula is C18H25ClN4O. The molecule has 0 atom stereocenters. The predicted molar refractivity (Wildman–Crippen MR) is 96.6 cm³/mol. The molecule has 1 N–H and O–H groups in total. The fraction of sp³-hybridized carbons (Fsp3) is 0.611. The lowest BCUT2D eigenvalue weighted by Crippen LogP contribution is -2.32. The molecule has 5 nitrogen and oxygen atoms in total. The van der Waals surface area contributed by atoms with E-state index in [0.717, 1.165) is 38.8 Å². The number of allylic oxidation sites excluding steroid dienone is 1.